The van der Waals surface area contributed by atoms with Crippen LogP contribution in [-0.2, 0) is 6.54 Å². The maximum Gasteiger partial charge on any atom is 0.327 e. The van der Waals surface area contributed by atoms with Crippen LogP contribution in [0.1, 0.15) is 15.9 Å². The maximum atomic E-state index is 13.9. The predicted molar refractivity (Wildman–Crippen MR) is 110 cm³/mol. The van der Waals surface area contributed by atoms with Crippen molar-refractivity contribution in [1.82, 2.24) is 9.80 Å². The van der Waals surface area contributed by atoms with Crippen molar-refractivity contribution < 1.29 is 28.3 Å². The highest BCUT2D eigenvalue weighted by Crippen LogP contribution is 2.46. The molecule has 0 N–H and O–H groups in total. The van der Waals surface area contributed by atoms with Crippen molar-refractivity contribution in [3.05, 3.63) is 57.4 Å². The predicted octanol–water partition coefficient (Wildman–Crippen LogP) is 2.72. The summed E-state index contributed by atoms with van der Waals surface area (Å²) in [5.74, 6) is -0.742. The highest BCUT2D eigenvalue weighted by molar-refractivity contribution is 6.00. The van der Waals surface area contributed by atoms with E-state index in [2.05, 4.69) is 0 Å². The van der Waals surface area contributed by atoms with Gasteiger partial charge in [-0.15, -0.1) is 0 Å². The van der Waals surface area contributed by atoms with Crippen LogP contribution in [0.2, 0.25) is 0 Å². The number of ether oxygens (including phenoxy) is 3. The van der Waals surface area contributed by atoms with E-state index in [9.17, 15) is 19.3 Å². The SMILES string of the molecule is COc1cc(C(=O)N2CCN(Cc3ccccc3F)CC2)c([N+](=O)[O-])c(OC)c1OC. The summed E-state index contributed by atoms with van der Waals surface area (Å²) in [5.41, 5.74) is -0.0245. The van der Waals surface area contributed by atoms with Crippen LogP contribution in [0.4, 0.5) is 10.1 Å². The second kappa shape index (κ2) is 9.61. The highest BCUT2D eigenvalue weighted by Gasteiger charge is 2.35. The normalized spacial score (nSPS) is 14.3. The minimum absolute atomic E-state index is 0.0444. The molecule has 31 heavy (non-hydrogen) atoms. The Morgan fingerprint density at radius 2 is 1.71 bits per heavy atom. The second-order valence-corrected chi connectivity index (χ2v) is 6.96. The van der Waals surface area contributed by atoms with Crippen LogP contribution < -0.4 is 14.2 Å². The second-order valence-electron chi connectivity index (χ2n) is 6.96. The van der Waals surface area contributed by atoms with Crippen molar-refractivity contribution >= 4 is 11.6 Å². The van der Waals surface area contributed by atoms with Crippen molar-refractivity contribution in [2.75, 3.05) is 47.5 Å². The Hall–Kier alpha value is -3.40. The third-order valence-electron chi connectivity index (χ3n) is 5.23. The summed E-state index contributed by atoms with van der Waals surface area (Å²) in [4.78, 5) is 27.8. The van der Waals surface area contributed by atoms with Crippen LogP contribution >= 0.6 is 0 Å². The molecular weight excluding hydrogens is 409 g/mol. The molecule has 0 unspecified atom stereocenters. The molecule has 2 aromatic carbocycles. The number of hydrogen-bond acceptors (Lipinski definition) is 7. The van der Waals surface area contributed by atoms with E-state index in [1.165, 1.54) is 38.4 Å². The Morgan fingerprint density at radius 1 is 1.06 bits per heavy atom. The van der Waals surface area contributed by atoms with Crippen LogP contribution in [0.3, 0.4) is 0 Å². The van der Waals surface area contributed by atoms with Gasteiger partial charge in [-0.05, 0) is 6.07 Å². The zero-order valence-corrected chi connectivity index (χ0v) is 17.6. The molecule has 0 bridgehead atoms. The van der Waals surface area contributed by atoms with E-state index in [4.69, 9.17) is 14.2 Å². The van der Waals surface area contributed by atoms with Gasteiger partial charge < -0.3 is 19.1 Å². The molecule has 0 radical (unpaired) electrons. The quantitative estimate of drug-likeness (QED) is 0.489. The molecule has 0 aliphatic carbocycles. The summed E-state index contributed by atoms with van der Waals surface area (Å²) in [6.45, 7) is 2.15. The fourth-order valence-corrected chi connectivity index (χ4v) is 3.63. The number of piperazine rings is 1. The van der Waals surface area contributed by atoms with Gasteiger partial charge in [-0.2, -0.15) is 0 Å². The minimum Gasteiger partial charge on any atom is -0.493 e. The van der Waals surface area contributed by atoms with Gasteiger partial charge in [0.2, 0.25) is 11.5 Å². The largest absolute Gasteiger partial charge is 0.493 e. The lowest BCUT2D eigenvalue weighted by Gasteiger charge is -2.34. The standard InChI is InChI=1S/C21H24FN3O6/c1-29-17-12-15(18(25(27)28)20(31-3)19(17)30-2)21(26)24-10-8-23(9-11-24)13-14-6-4-5-7-16(14)22/h4-7,12H,8-11,13H2,1-3H3. The van der Waals surface area contributed by atoms with Gasteiger partial charge >= 0.3 is 5.69 Å². The van der Waals surface area contributed by atoms with E-state index in [1.54, 1.807) is 18.2 Å². The lowest BCUT2D eigenvalue weighted by Crippen LogP contribution is -2.48. The Bertz CT molecular complexity index is 976. The van der Waals surface area contributed by atoms with Crippen LogP contribution in [0, 0.1) is 15.9 Å². The van der Waals surface area contributed by atoms with Crippen molar-refractivity contribution in [1.29, 1.82) is 0 Å². The number of halogens is 1. The fourth-order valence-electron chi connectivity index (χ4n) is 3.63. The molecule has 9 nitrogen and oxygen atoms in total. The van der Waals surface area contributed by atoms with E-state index < -0.39 is 16.5 Å². The number of nitrogens with zero attached hydrogens (tertiary/aromatic N) is 3. The number of rotatable bonds is 7. The minimum atomic E-state index is -0.664. The molecule has 1 fully saturated rings. The molecule has 1 aliphatic heterocycles. The number of carbonyl (C=O) groups excluding carboxylic acids is 1. The molecule has 1 heterocycles. The molecule has 1 saturated heterocycles. The van der Waals surface area contributed by atoms with Crippen molar-refractivity contribution in [3.8, 4) is 17.2 Å². The van der Waals surface area contributed by atoms with Crippen LogP contribution in [0.5, 0.6) is 17.2 Å². The average Bonchev–Trinajstić information content (AvgIpc) is 2.78. The summed E-state index contributed by atoms with van der Waals surface area (Å²) in [6, 6.07) is 7.86. The number of nitro benzene ring substituents is 1. The summed E-state index contributed by atoms with van der Waals surface area (Å²) < 4.78 is 29.5. The third kappa shape index (κ3) is 4.53. The molecular formula is C21H24FN3O6. The Morgan fingerprint density at radius 3 is 2.26 bits per heavy atom. The molecule has 166 valence electrons. The summed E-state index contributed by atoms with van der Waals surface area (Å²) >= 11 is 0. The van der Waals surface area contributed by atoms with Crippen LogP contribution in [0.25, 0.3) is 0 Å². The zero-order chi connectivity index (χ0) is 22.5. The molecule has 1 amide bonds. The molecule has 1 aliphatic rings. The first-order valence-corrected chi connectivity index (χ1v) is 9.63. The van der Waals surface area contributed by atoms with Crippen molar-refractivity contribution in [3.63, 3.8) is 0 Å². The lowest BCUT2D eigenvalue weighted by atomic mass is 10.1. The summed E-state index contributed by atoms with van der Waals surface area (Å²) in [5, 5.41) is 11.8. The first-order chi connectivity index (χ1) is 14.9. The van der Waals surface area contributed by atoms with E-state index >= 15 is 0 Å². The summed E-state index contributed by atoms with van der Waals surface area (Å²) in [6.07, 6.45) is 0. The van der Waals surface area contributed by atoms with E-state index in [0.29, 0.717) is 38.3 Å². The fraction of sp³-hybridized carbons (Fsp3) is 0.381. The average molecular weight is 433 g/mol. The van der Waals surface area contributed by atoms with Gasteiger partial charge in [0.25, 0.3) is 5.91 Å². The number of hydrogen-bond donors (Lipinski definition) is 0. The molecule has 10 heteroatoms. The van der Waals surface area contributed by atoms with Gasteiger partial charge in [0, 0.05) is 44.4 Å². The maximum absolute atomic E-state index is 13.9. The van der Waals surface area contributed by atoms with E-state index in [1.807, 2.05) is 4.90 Å². The van der Waals surface area contributed by atoms with Crippen LogP contribution in [-0.4, -0.2) is 68.1 Å². The number of nitro groups is 1. The Labute approximate surface area is 179 Å². The molecule has 0 saturated carbocycles. The van der Waals surface area contributed by atoms with E-state index in [0.717, 1.165) is 0 Å². The first kappa shape index (κ1) is 22.3. The Kier molecular flexibility index (Phi) is 6.91. The lowest BCUT2D eigenvalue weighted by molar-refractivity contribution is -0.386. The molecule has 2 aromatic rings. The molecule has 3 rings (SSSR count). The number of methoxy groups -OCH3 is 3. The third-order valence-corrected chi connectivity index (χ3v) is 5.23. The topological polar surface area (TPSA) is 94.4 Å². The van der Waals surface area contributed by atoms with Crippen molar-refractivity contribution in [2.24, 2.45) is 0 Å². The highest BCUT2D eigenvalue weighted by atomic mass is 19.1. The number of carbonyl (C=O) groups is 1. The van der Waals surface area contributed by atoms with Gasteiger partial charge in [0.1, 0.15) is 11.4 Å². The first-order valence-electron chi connectivity index (χ1n) is 9.63. The number of amides is 1. The molecule has 0 aromatic heterocycles. The van der Waals surface area contributed by atoms with Crippen LogP contribution in [0.15, 0.2) is 30.3 Å². The van der Waals surface area contributed by atoms with Gasteiger partial charge in [0.05, 0.1) is 26.3 Å². The van der Waals surface area contributed by atoms with Gasteiger partial charge in [-0.25, -0.2) is 4.39 Å². The van der Waals surface area contributed by atoms with Gasteiger partial charge in [-0.1, -0.05) is 18.2 Å². The van der Waals surface area contributed by atoms with Crippen molar-refractivity contribution in [2.45, 2.75) is 6.54 Å². The molecule has 0 spiro atoms. The summed E-state index contributed by atoms with van der Waals surface area (Å²) in [7, 11) is 3.97. The Balaban J connectivity index is 1.82. The smallest absolute Gasteiger partial charge is 0.327 e. The van der Waals surface area contributed by atoms with Gasteiger partial charge in [0.15, 0.2) is 5.75 Å². The monoisotopic (exact) mass is 433 g/mol. The number of benzene rings is 2. The van der Waals surface area contributed by atoms with E-state index in [-0.39, 0.29) is 28.6 Å². The van der Waals surface area contributed by atoms with Gasteiger partial charge in [-0.3, -0.25) is 19.8 Å². The zero-order valence-electron chi connectivity index (χ0n) is 17.6. The molecule has 0 atom stereocenters.